The summed E-state index contributed by atoms with van der Waals surface area (Å²) in [6, 6.07) is 3.49. The Morgan fingerprint density at radius 3 is 2.94 bits per heavy atom. The normalized spacial score (nSPS) is 17.7. The van der Waals surface area contributed by atoms with Crippen molar-refractivity contribution in [2.45, 2.75) is 6.42 Å². The maximum absolute atomic E-state index is 11.2. The molecule has 0 bridgehead atoms. The van der Waals surface area contributed by atoms with Crippen LogP contribution in [0, 0.1) is 0 Å². The SMILES string of the molecule is CNC(=O)c1ccc(/C=C2\CCNC2)nn1. The molecule has 0 saturated carbocycles. The average Bonchev–Trinajstić information content (AvgIpc) is 2.82. The minimum atomic E-state index is -0.214. The smallest absolute Gasteiger partial charge is 0.271 e. The molecular formula is C11H14N4O. The number of nitrogens with zero attached hydrogens (tertiary/aromatic N) is 2. The van der Waals surface area contributed by atoms with Crippen LogP contribution in [0.4, 0.5) is 0 Å². The number of nitrogens with one attached hydrogen (secondary N) is 2. The van der Waals surface area contributed by atoms with Gasteiger partial charge in [-0.05, 0) is 31.2 Å². The molecule has 0 aromatic carbocycles. The van der Waals surface area contributed by atoms with Crippen LogP contribution >= 0.6 is 0 Å². The van der Waals surface area contributed by atoms with Crippen molar-refractivity contribution in [3.63, 3.8) is 0 Å². The van der Waals surface area contributed by atoms with Gasteiger partial charge in [-0.1, -0.05) is 5.57 Å². The Balaban J connectivity index is 2.13. The molecule has 1 aliphatic rings. The first-order valence-corrected chi connectivity index (χ1v) is 5.25. The molecule has 1 aliphatic heterocycles. The summed E-state index contributed by atoms with van der Waals surface area (Å²) < 4.78 is 0. The van der Waals surface area contributed by atoms with Crippen LogP contribution in [0.15, 0.2) is 17.7 Å². The van der Waals surface area contributed by atoms with Crippen molar-refractivity contribution in [1.82, 2.24) is 20.8 Å². The molecule has 5 nitrogen and oxygen atoms in total. The Morgan fingerprint density at radius 2 is 2.38 bits per heavy atom. The molecule has 2 N–H and O–H groups in total. The number of rotatable bonds is 2. The standard InChI is InChI=1S/C11H14N4O/c1-12-11(16)10-3-2-9(14-15-10)6-8-4-5-13-7-8/h2-3,6,13H,4-5,7H2,1H3,(H,12,16)/b8-6+. The molecule has 0 radical (unpaired) electrons. The zero-order valence-electron chi connectivity index (χ0n) is 9.16. The summed E-state index contributed by atoms with van der Waals surface area (Å²) in [6.07, 6.45) is 3.07. The molecule has 1 amide bonds. The third-order valence-electron chi connectivity index (χ3n) is 2.47. The third-order valence-corrected chi connectivity index (χ3v) is 2.47. The molecule has 0 atom stereocenters. The zero-order valence-corrected chi connectivity index (χ0v) is 9.16. The number of carbonyl (C=O) groups is 1. The first kappa shape index (κ1) is 10.8. The number of hydrogen-bond donors (Lipinski definition) is 2. The second-order valence-electron chi connectivity index (χ2n) is 3.65. The van der Waals surface area contributed by atoms with Crippen LogP contribution in [-0.4, -0.2) is 36.2 Å². The summed E-state index contributed by atoms with van der Waals surface area (Å²) >= 11 is 0. The van der Waals surface area contributed by atoms with E-state index in [0.717, 1.165) is 25.2 Å². The minimum absolute atomic E-state index is 0.214. The maximum atomic E-state index is 11.2. The molecule has 5 heteroatoms. The predicted molar refractivity (Wildman–Crippen MR) is 60.9 cm³/mol. The minimum Gasteiger partial charge on any atom is -0.354 e. The predicted octanol–water partition coefficient (Wildman–Crippen LogP) is 0.213. The molecule has 2 rings (SSSR count). The van der Waals surface area contributed by atoms with E-state index >= 15 is 0 Å². The number of hydrogen-bond acceptors (Lipinski definition) is 4. The van der Waals surface area contributed by atoms with Crippen molar-refractivity contribution < 1.29 is 4.79 Å². The highest BCUT2D eigenvalue weighted by atomic mass is 16.1. The molecule has 16 heavy (non-hydrogen) atoms. The Morgan fingerprint density at radius 1 is 1.50 bits per heavy atom. The second-order valence-corrected chi connectivity index (χ2v) is 3.65. The number of aromatic nitrogens is 2. The van der Waals surface area contributed by atoms with Gasteiger partial charge in [-0.3, -0.25) is 4.79 Å². The van der Waals surface area contributed by atoms with Crippen molar-refractivity contribution in [2.24, 2.45) is 0 Å². The molecule has 0 spiro atoms. The fraction of sp³-hybridized carbons (Fsp3) is 0.364. The Labute approximate surface area is 94.0 Å². The van der Waals surface area contributed by atoms with Gasteiger partial charge in [-0.15, -0.1) is 5.10 Å². The lowest BCUT2D eigenvalue weighted by atomic mass is 10.2. The average molecular weight is 218 g/mol. The van der Waals surface area contributed by atoms with E-state index in [4.69, 9.17) is 0 Å². The van der Waals surface area contributed by atoms with Crippen LogP contribution in [-0.2, 0) is 0 Å². The zero-order chi connectivity index (χ0) is 11.4. The second kappa shape index (κ2) is 4.85. The van der Waals surface area contributed by atoms with E-state index in [1.807, 2.05) is 12.1 Å². The summed E-state index contributed by atoms with van der Waals surface area (Å²) in [6.45, 7) is 1.94. The largest absolute Gasteiger partial charge is 0.354 e. The molecule has 2 heterocycles. The first-order valence-electron chi connectivity index (χ1n) is 5.25. The van der Waals surface area contributed by atoms with Gasteiger partial charge in [0.25, 0.3) is 5.91 Å². The van der Waals surface area contributed by atoms with Gasteiger partial charge in [0.2, 0.25) is 0 Å². The molecule has 1 fully saturated rings. The molecule has 1 saturated heterocycles. The van der Waals surface area contributed by atoms with Crippen LogP contribution in [0.2, 0.25) is 0 Å². The first-order chi connectivity index (χ1) is 7.79. The van der Waals surface area contributed by atoms with Gasteiger partial charge in [0.1, 0.15) is 0 Å². The van der Waals surface area contributed by atoms with Gasteiger partial charge >= 0.3 is 0 Å². The summed E-state index contributed by atoms with van der Waals surface area (Å²) in [5, 5.41) is 13.6. The Bertz CT molecular complexity index is 402. The van der Waals surface area contributed by atoms with Crippen molar-refractivity contribution in [2.75, 3.05) is 20.1 Å². The van der Waals surface area contributed by atoms with Crippen LogP contribution < -0.4 is 10.6 Å². The van der Waals surface area contributed by atoms with Gasteiger partial charge in [-0.2, -0.15) is 5.10 Å². The molecule has 0 aliphatic carbocycles. The maximum Gasteiger partial charge on any atom is 0.271 e. The van der Waals surface area contributed by atoms with Gasteiger partial charge in [0, 0.05) is 13.6 Å². The highest BCUT2D eigenvalue weighted by molar-refractivity contribution is 5.91. The Hall–Kier alpha value is -1.75. The van der Waals surface area contributed by atoms with Crippen LogP contribution in [0.25, 0.3) is 6.08 Å². The third kappa shape index (κ3) is 2.43. The van der Waals surface area contributed by atoms with E-state index in [9.17, 15) is 4.79 Å². The molecular weight excluding hydrogens is 204 g/mol. The lowest BCUT2D eigenvalue weighted by molar-refractivity contribution is 0.0957. The summed E-state index contributed by atoms with van der Waals surface area (Å²) in [5.74, 6) is -0.214. The molecule has 1 aromatic rings. The van der Waals surface area contributed by atoms with Gasteiger partial charge in [-0.25, -0.2) is 0 Å². The van der Waals surface area contributed by atoms with Crippen LogP contribution in [0.3, 0.4) is 0 Å². The highest BCUT2D eigenvalue weighted by Crippen LogP contribution is 2.10. The highest BCUT2D eigenvalue weighted by Gasteiger charge is 2.07. The topological polar surface area (TPSA) is 66.9 Å². The van der Waals surface area contributed by atoms with Crippen molar-refractivity contribution >= 4 is 12.0 Å². The van der Waals surface area contributed by atoms with Crippen LogP contribution in [0.5, 0.6) is 0 Å². The van der Waals surface area contributed by atoms with E-state index in [1.165, 1.54) is 5.57 Å². The van der Waals surface area contributed by atoms with Crippen molar-refractivity contribution in [1.29, 1.82) is 0 Å². The molecule has 0 unspecified atom stereocenters. The summed E-state index contributed by atoms with van der Waals surface area (Å²) in [5.41, 5.74) is 2.46. The molecule has 1 aromatic heterocycles. The molecule has 84 valence electrons. The van der Waals surface area contributed by atoms with Gasteiger partial charge in [0.05, 0.1) is 5.69 Å². The van der Waals surface area contributed by atoms with E-state index in [0.29, 0.717) is 5.69 Å². The monoisotopic (exact) mass is 218 g/mol. The van der Waals surface area contributed by atoms with E-state index in [2.05, 4.69) is 20.8 Å². The van der Waals surface area contributed by atoms with Crippen molar-refractivity contribution in [3.8, 4) is 0 Å². The number of amides is 1. The number of carbonyl (C=O) groups excluding carboxylic acids is 1. The quantitative estimate of drug-likeness (QED) is 0.745. The van der Waals surface area contributed by atoms with E-state index in [1.54, 1.807) is 13.1 Å². The lowest BCUT2D eigenvalue weighted by Crippen LogP contribution is -2.19. The van der Waals surface area contributed by atoms with E-state index < -0.39 is 0 Å². The summed E-state index contributed by atoms with van der Waals surface area (Å²) in [4.78, 5) is 11.2. The van der Waals surface area contributed by atoms with Crippen molar-refractivity contribution in [3.05, 3.63) is 29.1 Å². The summed E-state index contributed by atoms with van der Waals surface area (Å²) in [7, 11) is 1.57. The van der Waals surface area contributed by atoms with Gasteiger partial charge < -0.3 is 10.6 Å². The fourth-order valence-electron chi connectivity index (χ4n) is 1.59. The van der Waals surface area contributed by atoms with Gasteiger partial charge in [0.15, 0.2) is 5.69 Å². The lowest BCUT2D eigenvalue weighted by Gasteiger charge is -1.98. The van der Waals surface area contributed by atoms with Crippen LogP contribution in [0.1, 0.15) is 22.6 Å². The fourth-order valence-corrected chi connectivity index (χ4v) is 1.59. The Kier molecular flexibility index (Phi) is 3.26. The van der Waals surface area contributed by atoms with E-state index in [-0.39, 0.29) is 5.91 Å².